The Labute approximate surface area is 171 Å². The summed E-state index contributed by atoms with van der Waals surface area (Å²) in [4.78, 5) is 24.8. The van der Waals surface area contributed by atoms with Crippen molar-refractivity contribution in [2.24, 2.45) is 5.10 Å². The molecule has 0 radical (unpaired) electrons. The minimum atomic E-state index is -3.26. The minimum Gasteiger partial charge on any atom is -0.461 e. The number of hydrogen-bond donors (Lipinski definition) is 1. The standard InChI is InChI=1S/C19H28N4O5S/c1-4-22(29(3,26)27)13-9-12-20-18(24)17-14-16(19(25)28-5-2)21-23(17)15-10-7-6-8-11-15/h6-8,10-11,17H,4-5,9,12-14H2,1-3H3,(H,20,24). The molecule has 0 bridgehead atoms. The smallest absolute Gasteiger partial charge is 0.354 e. The van der Waals surface area contributed by atoms with Crippen LogP contribution in [0, 0.1) is 0 Å². The first-order chi connectivity index (χ1) is 13.8. The second kappa shape index (κ2) is 10.4. The molecule has 0 aromatic heterocycles. The van der Waals surface area contributed by atoms with Gasteiger partial charge in [0, 0.05) is 26.1 Å². The van der Waals surface area contributed by atoms with E-state index in [0.29, 0.717) is 31.7 Å². The Hall–Kier alpha value is -2.46. The number of esters is 1. The van der Waals surface area contributed by atoms with Crippen molar-refractivity contribution >= 4 is 33.3 Å². The van der Waals surface area contributed by atoms with Gasteiger partial charge in [0.25, 0.3) is 0 Å². The Bertz CT molecular complexity index is 841. The lowest BCUT2D eigenvalue weighted by Crippen LogP contribution is -2.43. The van der Waals surface area contributed by atoms with Crippen LogP contribution in [0.4, 0.5) is 5.69 Å². The van der Waals surface area contributed by atoms with E-state index in [2.05, 4.69) is 10.4 Å². The maximum Gasteiger partial charge on any atom is 0.354 e. The molecule has 0 aliphatic carbocycles. The molecule has 1 N–H and O–H groups in total. The number of carbonyl (C=O) groups is 2. The van der Waals surface area contributed by atoms with E-state index in [0.717, 1.165) is 0 Å². The largest absolute Gasteiger partial charge is 0.461 e. The van der Waals surface area contributed by atoms with E-state index in [-0.39, 0.29) is 24.6 Å². The van der Waals surface area contributed by atoms with Crippen LogP contribution in [0.5, 0.6) is 0 Å². The normalized spacial score (nSPS) is 16.6. The number of para-hydroxylation sites is 1. The van der Waals surface area contributed by atoms with Gasteiger partial charge >= 0.3 is 5.97 Å². The summed E-state index contributed by atoms with van der Waals surface area (Å²) in [5.74, 6) is -0.810. The number of rotatable bonds is 10. The van der Waals surface area contributed by atoms with E-state index >= 15 is 0 Å². The average Bonchev–Trinajstić information content (AvgIpc) is 3.13. The third kappa shape index (κ3) is 6.26. The topological polar surface area (TPSA) is 108 Å². The van der Waals surface area contributed by atoms with E-state index in [1.165, 1.54) is 15.6 Å². The lowest BCUT2D eigenvalue weighted by Gasteiger charge is -2.23. The zero-order valence-electron chi connectivity index (χ0n) is 17.0. The van der Waals surface area contributed by atoms with Crippen LogP contribution in [0.2, 0.25) is 0 Å². The number of hydrazone groups is 1. The van der Waals surface area contributed by atoms with Crippen molar-refractivity contribution in [1.29, 1.82) is 0 Å². The zero-order valence-corrected chi connectivity index (χ0v) is 17.8. The fourth-order valence-corrected chi connectivity index (χ4v) is 3.94. The fraction of sp³-hybridized carbons (Fsp3) is 0.526. The molecule has 160 valence electrons. The first kappa shape index (κ1) is 22.8. The maximum absolute atomic E-state index is 12.8. The minimum absolute atomic E-state index is 0.143. The molecule has 1 aromatic rings. The predicted octanol–water partition coefficient (Wildman–Crippen LogP) is 0.972. The van der Waals surface area contributed by atoms with E-state index < -0.39 is 22.0 Å². The number of benzene rings is 1. The molecule has 1 heterocycles. The van der Waals surface area contributed by atoms with Gasteiger partial charge in [-0.15, -0.1) is 0 Å². The van der Waals surface area contributed by atoms with Crippen molar-refractivity contribution in [3.05, 3.63) is 30.3 Å². The Morgan fingerprint density at radius 1 is 1.28 bits per heavy atom. The van der Waals surface area contributed by atoms with Gasteiger partial charge < -0.3 is 10.1 Å². The summed E-state index contributed by atoms with van der Waals surface area (Å²) in [6.45, 7) is 4.74. The van der Waals surface area contributed by atoms with Gasteiger partial charge in [-0.2, -0.15) is 5.10 Å². The lowest BCUT2D eigenvalue weighted by molar-refractivity contribution is -0.135. The molecule has 0 fully saturated rings. The molecule has 1 unspecified atom stereocenters. The molecule has 0 spiro atoms. The lowest BCUT2D eigenvalue weighted by atomic mass is 10.1. The first-order valence-corrected chi connectivity index (χ1v) is 11.4. The van der Waals surface area contributed by atoms with Crippen molar-refractivity contribution in [2.75, 3.05) is 37.5 Å². The molecule has 1 aliphatic heterocycles. The van der Waals surface area contributed by atoms with Gasteiger partial charge in [0.1, 0.15) is 11.8 Å². The van der Waals surface area contributed by atoms with Crippen LogP contribution in [-0.4, -0.2) is 68.8 Å². The van der Waals surface area contributed by atoms with E-state index in [4.69, 9.17) is 4.74 Å². The van der Waals surface area contributed by atoms with Gasteiger partial charge in [0.15, 0.2) is 0 Å². The Kier molecular flexibility index (Phi) is 8.15. The van der Waals surface area contributed by atoms with E-state index in [1.54, 1.807) is 13.8 Å². The van der Waals surface area contributed by atoms with Crippen LogP contribution in [0.3, 0.4) is 0 Å². The molecule has 1 atom stereocenters. The van der Waals surface area contributed by atoms with Crippen molar-refractivity contribution in [3.8, 4) is 0 Å². The SMILES string of the molecule is CCOC(=O)C1=NN(c2ccccc2)C(C(=O)NCCCN(CC)S(C)(=O)=O)C1. The predicted molar refractivity (Wildman–Crippen MR) is 111 cm³/mol. The summed E-state index contributed by atoms with van der Waals surface area (Å²) in [5.41, 5.74) is 0.895. The van der Waals surface area contributed by atoms with Crippen molar-refractivity contribution < 1.29 is 22.7 Å². The van der Waals surface area contributed by atoms with Crippen LogP contribution in [-0.2, 0) is 24.3 Å². The van der Waals surface area contributed by atoms with Gasteiger partial charge in [0.2, 0.25) is 15.9 Å². The van der Waals surface area contributed by atoms with Crippen LogP contribution in [0.15, 0.2) is 35.4 Å². The third-order valence-corrected chi connectivity index (χ3v) is 5.83. The summed E-state index contributed by atoms with van der Waals surface area (Å²) in [7, 11) is -3.26. The highest BCUT2D eigenvalue weighted by Gasteiger charge is 2.36. The van der Waals surface area contributed by atoms with Crippen LogP contribution in [0.1, 0.15) is 26.7 Å². The Morgan fingerprint density at radius 3 is 2.55 bits per heavy atom. The first-order valence-electron chi connectivity index (χ1n) is 9.59. The Morgan fingerprint density at radius 2 is 1.97 bits per heavy atom. The molecule has 1 amide bonds. The van der Waals surface area contributed by atoms with Crippen molar-refractivity contribution in [2.45, 2.75) is 32.7 Å². The number of amides is 1. The number of carbonyl (C=O) groups excluding carboxylic acids is 2. The second-order valence-corrected chi connectivity index (χ2v) is 8.55. The molecule has 9 nitrogen and oxygen atoms in total. The fourth-order valence-electron chi connectivity index (χ4n) is 3.01. The molecular weight excluding hydrogens is 396 g/mol. The Balaban J connectivity index is 2.01. The highest BCUT2D eigenvalue weighted by molar-refractivity contribution is 7.88. The molecule has 1 aromatic carbocycles. The summed E-state index contributed by atoms with van der Waals surface area (Å²) < 4.78 is 29.6. The van der Waals surface area contributed by atoms with E-state index in [9.17, 15) is 18.0 Å². The van der Waals surface area contributed by atoms with Gasteiger partial charge in [-0.25, -0.2) is 17.5 Å². The molecule has 0 saturated carbocycles. The summed E-state index contributed by atoms with van der Waals surface area (Å²) in [6.07, 6.45) is 1.79. The monoisotopic (exact) mass is 424 g/mol. The highest BCUT2D eigenvalue weighted by atomic mass is 32.2. The molecule has 2 rings (SSSR count). The highest BCUT2D eigenvalue weighted by Crippen LogP contribution is 2.25. The second-order valence-electron chi connectivity index (χ2n) is 6.57. The van der Waals surface area contributed by atoms with Crippen LogP contribution >= 0.6 is 0 Å². The zero-order chi connectivity index (χ0) is 21.4. The number of nitrogens with one attached hydrogen (secondary N) is 1. The van der Waals surface area contributed by atoms with Crippen molar-refractivity contribution in [1.82, 2.24) is 9.62 Å². The van der Waals surface area contributed by atoms with Gasteiger partial charge in [-0.3, -0.25) is 9.80 Å². The average molecular weight is 425 g/mol. The molecule has 1 aliphatic rings. The van der Waals surface area contributed by atoms with E-state index in [1.807, 2.05) is 30.3 Å². The van der Waals surface area contributed by atoms with Crippen LogP contribution < -0.4 is 10.3 Å². The number of sulfonamides is 1. The molecule has 0 saturated heterocycles. The van der Waals surface area contributed by atoms with Crippen molar-refractivity contribution in [3.63, 3.8) is 0 Å². The number of ether oxygens (including phenoxy) is 1. The molecular formula is C19H28N4O5S. The van der Waals surface area contributed by atoms with Gasteiger partial charge in [-0.1, -0.05) is 25.1 Å². The molecule has 10 heteroatoms. The number of nitrogens with zero attached hydrogens (tertiary/aromatic N) is 3. The number of anilines is 1. The number of hydrogen-bond acceptors (Lipinski definition) is 7. The quantitative estimate of drug-likeness (QED) is 0.443. The third-order valence-electron chi connectivity index (χ3n) is 4.45. The maximum atomic E-state index is 12.8. The van der Waals surface area contributed by atoms with Gasteiger partial charge in [-0.05, 0) is 25.5 Å². The molecule has 29 heavy (non-hydrogen) atoms. The summed E-state index contributed by atoms with van der Waals surface area (Å²) in [5, 5.41) is 8.65. The summed E-state index contributed by atoms with van der Waals surface area (Å²) in [6, 6.07) is 8.45. The summed E-state index contributed by atoms with van der Waals surface area (Å²) >= 11 is 0. The van der Waals surface area contributed by atoms with Crippen LogP contribution in [0.25, 0.3) is 0 Å². The van der Waals surface area contributed by atoms with Gasteiger partial charge in [0.05, 0.1) is 18.6 Å².